The van der Waals surface area contributed by atoms with Gasteiger partial charge < -0.3 is 4.74 Å². The van der Waals surface area contributed by atoms with Crippen LogP contribution in [0.5, 0.6) is 0 Å². The maximum atomic E-state index is 11.0. The number of thiocarbonyl (C=S) groups is 1. The highest BCUT2D eigenvalue weighted by Gasteiger charge is 2.06. The number of esters is 1. The zero-order valence-corrected chi connectivity index (χ0v) is 10.8. The molecule has 1 aromatic carbocycles. The third-order valence-electron chi connectivity index (χ3n) is 1.66. The fourth-order valence-electron chi connectivity index (χ4n) is 0.921. The molecule has 0 aliphatic heterocycles. The summed E-state index contributed by atoms with van der Waals surface area (Å²) in [5, 5.41) is 2.84. The number of carbonyl (C=O) groups is 1. The molecule has 0 atom stereocenters. The first-order valence-corrected chi connectivity index (χ1v) is 6.01. The van der Waals surface area contributed by atoms with E-state index in [0.717, 1.165) is 4.90 Å². The van der Waals surface area contributed by atoms with Crippen molar-refractivity contribution >= 4 is 52.4 Å². The van der Waals surface area contributed by atoms with E-state index >= 15 is 0 Å². The Hall–Kier alpha value is -0.870. The van der Waals surface area contributed by atoms with Gasteiger partial charge in [-0.2, -0.15) is 4.99 Å². The van der Waals surface area contributed by atoms with Crippen molar-refractivity contribution in [3.63, 3.8) is 0 Å². The molecule has 0 aliphatic carbocycles. The predicted molar refractivity (Wildman–Crippen MR) is 68.9 cm³/mol. The Morgan fingerprint density at radius 1 is 1.69 bits per heavy atom. The van der Waals surface area contributed by atoms with E-state index in [2.05, 4.69) is 27.1 Å². The van der Waals surface area contributed by atoms with Gasteiger partial charge in [-0.05, 0) is 30.4 Å². The van der Waals surface area contributed by atoms with Crippen LogP contribution in [-0.4, -0.2) is 24.0 Å². The molecule has 1 rings (SSSR count). The van der Waals surface area contributed by atoms with Gasteiger partial charge in [-0.15, -0.1) is 11.8 Å². The Bertz CT molecular complexity index is 444. The Kier molecular flexibility index (Phi) is 5.49. The standard InChI is InChI=1S/C10H8ClNO2S2/c1-14-10(13)5-16-9-4-7(12-6-15)2-3-8(9)11/h2-4H,5H2,1H3. The Labute approximate surface area is 108 Å². The summed E-state index contributed by atoms with van der Waals surface area (Å²) in [4.78, 5) is 15.6. The summed E-state index contributed by atoms with van der Waals surface area (Å²) < 4.78 is 4.53. The molecule has 1 aromatic rings. The highest BCUT2D eigenvalue weighted by Crippen LogP contribution is 2.30. The van der Waals surface area contributed by atoms with E-state index in [1.807, 2.05) is 0 Å². The minimum absolute atomic E-state index is 0.209. The zero-order valence-electron chi connectivity index (χ0n) is 8.40. The van der Waals surface area contributed by atoms with E-state index in [0.29, 0.717) is 10.7 Å². The lowest BCUT2D eigenvalue weighted by molar-refractivity contribution is -0.137. The summed E-state index contributed by atoms with van der Waals surface area (Å²) in [6.45, 7) is 0. The van der Waals surface area contributed by atoms with Gasteiger partial charge in [0.05, 0.1) is 28.7 Å². The quantitative estimate of drug-likeness (QED) is 0.365. The molecule has 16 heavy (non-hydrogen) atoms. The summed E-state index contributed by atoms with van der Waals surface area (Å²) in [5.41, 5.74) is 0.659. The number of hydrogen-bond acceptors (Lipinski definition) is 5. The lowest BCUT2D eigenvalue weighted by Gasteiger charge is -2.03. The molecule has 0 fully saturated rings. The van der Waals surface area contributed by atoms with Crippen LogP contribution < -0.4 is 0 Å². The molecule has 0 saturated heterocycles. The van der Waals surface area contributed by atoms with Gasteiger partial charge in [-0.25, -0.2) is 0 Å². The fourth-order valence-corrected chi connectivity index (χ4v) is 2.11. The molecular formula is C10H8ClNO2S2. The Morgan fingerprint density at radius 2 is 2.44 bits per heavy atom. The zero-order chi connectivity index (χ0) is 12.0. The third-order valence-corrected chi connectivity index (χ3v) is 3.22. The molecule has 0 aromatic heterocycles. The predicted octanol–water partition coefficient (Wildman–Crippen LogP) is 3.34. The van der Waals surface area contributed by atoms with Crippen LogP contribution in [0, 0.1) is 0 Å². The van der Waals surface area contributed by atoms with Gasteiger partial charge in [-0.3, -0.25) is 4.79 Å². The van der Waals surface area contributed by atoms with Crippen molar-refractivity contribution < 1.29 is 9.53 Å². The number of halogens is 1. The maximum Gasteiger partial charge on any atom is 0.315 e. The second-order valence-electron chi connectivity index (χ2n) is 2.68. The number of hydrogen-bond donors (Lipinski definition) is 0. The summed E-state index contributed by atoms with van der Waals surface area (Å²) in [7, 11) is 1.34. The molecule has 0 bridgehead atoms. The van der Waals surface area contributed by atoms with E-state index in [9.17, 15) is 4.79 Å². The monoisotopic (exact) mass is 273 g/mol. The van der Waals surface area contributed by atoms with Crippen LogP contribution in [0.1, 0.15) is 0 Å². The maximum absolute atomic E-state index is 11.0. The first kappa shape index (κ1) is 13.2. The molecule has 84 valence electrons. The average molecular weight is 274 g/mol. The van der Waals surface area contributed by atoms with Crippen molar-refractivity contribution in [2.24, 2.45) is 4.99 Å². The molecule has 0 radical (unpaired) electrons. The van der Waals surface area contributed by atoms with Crippen molar-refractivity contribution in [3.05, 3.63) is 23.2 Å². The number of isothiocyanates is 1. The van der Waals surface area contributed by atoms with Crippen molar-refractivity contribution in [1.29, 1.82) is 0 Å². The van der Waals surface area contributed by atoms with Crippen molar-refractivity contribution in [2.75, 3.05) is 12.9 Å². The smallest absolute Gasteiger partial charge is 0.315 e. The van der Waals surface area contributed by atoms with Gasteiger partial charge in [0.15, 0.2) is 0 Å². The van der Waals surface area contributed by atoms with E-state index < -0.39 is 0 Å². The number of aliphatic imine (C=N–C) groups is 1. The van der Waals surface area contributed by atoms with Gasteiger partial charge in [-0.1, -0.05) is 11.6 Å². The first-order valence-electron chi connectivity index (χ1n) is 4.24. The summed E-state index contributed by atoms with van der Waals surface area (Å²) in [6, 6.07) is 5.17. The minimum Gasteiger partial charge on any atom is -0.468 e. The highest BCUT2D eigenvalue weighted by molar-refractivity contribution is 8.00. The fraction of sp³-hybridized carbons (Fsp3) is 0.200. The van der Waals surface area contributed by atoms with Gasteiger partial charge >= 0.3 is 5.97 Å². The topological polar surface area (TPSA) is 38.7 Å². The molecular weight excluding hydrogens is 266 g/mol. The number of benzene rings is 1. The van der Waals surface area contributed by atoms with Crippen LogP contribution in [0.2, 0.25) is 5.02 Å². The van der Waals surface area contributed by atoms with E-state index in [1.54, 1.807) is 18.2 Å². The van der Waals surface area contributed by atoms with Crippen LogP contribution in [0.4, 0.5) is 5.69 Å². The summed E-state index contributed by atoms with van der Waals surface area (Å²) >= 11 is 11.8. The number of rotatable bonds is 4. The molecule has 0 unspecified atom stereocenters. The minimum atomic E-state index is -0.301. The first-order chi connectivity index (χ1) is 7.67. The summed E-state index contributed by atoms with van der Waals surface area (Å²) in [5.74, 6) is -0.0918. The van der Waals surface area contributed by atoms with Crippen molar-refractivity contribution in [1.82, 2.24) is 0 Å². The summed E-state index contributed by atoms with van der Waals surface area (Å²) in [6.07, 6.45) is 0. The Balaban J connectivity index is 2.81. The lowest BCUT2D eigenvalue weighted by atomic mass is 10.3. The molecule has 0 saturated carbocycles. The second kappa shape index (κ2) is 6.66. The molecule has 0 N–H and O–H groups in total. The van der Waals surface area contributed by atoms with Gasteiger partial charge in [0, 0.05) is 4.90 Å². The molecule has 3 nitrogen and oxygen atoms in total. The van der Waals surface area contributed by atoms with E-state index in [-0.39, 0.29) is 11.7 Å². The van der Waals surface area contributed by atoms with Crippen LogP contribution in [0.3, 0.4) is 0 Å². The molecule has 0 heterocycles. The van der Waals surface area contributed by atoms with Crippen LogP contribution in [0.15, 0.2) is 28.1 Å². The number of methoxy groups -OCH3 is 1. The SMILES string of the molecule is COC(=O)CSc1cc(N=C=S)ccc1Cl. The number of carbonyl (C=O) groups excluding carboxylic acids is 1. The molecule has 0 spiro atoms. The van der Waals surface area contributed by atoms with Crippen LogP contribution >= 0.6 is 35.6 Å². The molecule has 6 heteroatoms. The van der Waals surface area contributed by atoms with Gasteiger partial charge in [0.25, 0.3) is 0 Å². The van der Waals surface area contributed by atoms with Crippen molar-refractivity contribution in [3.8, 4) is 0 Å². The number of ether oxygens (including phenoxy) is 1. The van der Waals surface area contributed by atoms with Gasteiger partial charge in [0.2, 0.25) is 0 Å². The average Bonchev–Trinajstić information content (AvgIpc) is 2.29. The van der Waals surface area contributed by atoms with E-state index in [1.165, 1.54) is 18.9 Å². The van der Waals surface area contributed by atoms with Crippen LogP contribution in [0.25, 0.3) is 0 Å². The Morgan fingerprint density at radius 3 is 3.06 bits per heavy atom. The third kappa shape index (κ3) is 3.94. The van der Waals surface area contributed by atoms with Crippen LogP contribution in [-0.2, 0) is 9.53 Å². The second-order valence-corrected chi connectivity index (χ2v) is 4.29. The normalized spacial score (nSPS) is 9.38. The largest absolute Gasteiger partial charge is 0.468 e. The molecule has 0 amide bonds. The molecule has 0 aliphatic rings. The van der Waals surface area contributed by atoms with E-state index in [4.69, 9.17) is 11.6 Å². The number of thioether (sulfide) groups is 1. The van der Waals surface area contributed by atoms with Crippen molar-refractivity contribution in [2.45, 2.75) is 4.90 Å². The van der Waals surface area contributed by atoms with Gasteiger partial charge in [0.1, 0.15) is 0 Å². The lowest BCUT2D eigenvalue weighted by Crippen LogP contribution is -2.02. The number of nitrogens with zero attached hydrogens (tertiary/aromatic N) is 1. The highest BCUT2D eigenvalue weighted by atomic mass is 35.5.